The second-order valence-electron chi connectivity index (χ2n) is 7.45. The third-order valence-electron chi connectivity index (χ3n) is 5.09. The number of nitrogens with zero attached hydrogens (tertiary/aromatic N) is 2. The van der Waals surface area contributed by atoms with Crippen LogP contribution in [0.25, 0.3) is 0 Å². The quantitative estimate of drug-likeness (QED) is 0.339. The Morgan fingerprint density at radius 3 is 2.71 bits per heavy atom. The molecule has 1 unspecified atom stereocenters. The molecule has 3 N–H and O–H groups in total. The van der Waals surface area contributed by atoms with Crippen molar-refractivity contribution in [2.24, 2.45) is 4.99 Å². The third kappa shape index (κ3) is 5.96. The number of hydrogen-bond donors (Lipinski definition) is 3. The second kappa shape index (κ2) is 10.8. The molecule has 9 heteroatoms. The molecule has 1 aliphatic rings. The first kappa shape index (κ1) is 22.6. The third-order valence-corrected chi connectivity index (χ3v) is 5.09. The summed E-state index contributed by atoms with van der Waals surface area (Å²) >= 11 is 0. The van der Waals surface area contributed by atoms with E-state index in [0.29, 0.717) is 50.9 Å². The lowest BCUT2D eigenvalue weighted by Gasteiger charge is -2.21. The number of furan rings is 1. The van der Waals surface area contributed by atoms with E-state index in [4.69, 9.17) is 4.42 Å². The normalized spacial score (nSPS) is 16.5. The minimum absolute atomic E-state index is 0.0243. The van der Waals surface area contributed by atoms with Crippen LogP contribution in [0.2, 0.25) is 0 Å². The molecule has 1 amide bonds. The number of hydrogen-bond acceptors (Lipinski definition) is 4. The average Bonchev–Trinajstić information content (AvgIpc) is 3.36. The number of amides is 1. The van der Waals surface area contributed by atoms with Gasteiger partial charge in [0, 0.05) is 44.3 Å². The molecule has 1 atom stereocenters. The number of benzene rings is 1. The molecule has 7 nitrogen and oxygen atoms in total. The summed E-state index contributed by atoms with van der Waals surface area (Å²) in [6.07, 6.45) is 2.91. The number of nitrogens with one attached hydrogen (secondary N) is 3. The van der Waals surface area contributed by atoms with Gasteiger partial charge >= 0.3 is 0 Å². The van der Waals surface area contributed by atoms with Gasteiger partial charge in [0.15, 0.2) is 11.7 Å². The summed E-state index contributed by atoms with van der Waals surface area (Å²) in [4.78, 5) is 18.3. The molecule has 0 aliphatic carbocycles. The van der Waals surface area contributed by atoms with Gasteiger partial charge in [-0.2, -0.15) is 0 Å². The van der Waals surface area contributed by atoms with Crippen LogP contribution < -0.4 is 20.9 Å². The van der Waals surface area contributed by atoms with Gasteiger partial charge in [-0.3, -0.25) is 9.79 Å². The highest BCUT2D eigenvalue weighted by Crippen LogP contribution is 2.26. The predicted octanol–water partition coefficient (Wildman–Crippen LogP) is 2.82. The zero-order chi connectivity index (χ0) is 22.2. The van der Waals surface area contributed by atoms with E-state index < -0.39 is 11.6 Å². The predicted molar refractivity (Wildman–Crippen MR) is 116 cm³/mol. The van der Waals surface area contributed by atoms with Crippen LogP contribution >= 0.6 is 0 Å². The number of aryl methyl sites for hydroxylation is 1. The summed E-state index contributed by atoms with van der Waals surface area (Å²) < 4.78 is 33.3. The van der Waals surface area contributed by atoms with E-state index >= 15 is 0 Å². The molecule has 1 aliphatic heterocycles. The van der Waals surface area contributed by atoms with Crippen molar-refractivity contribution in [3.63, 3.8) is 0 Å². The summed E-state index contributed by atoms with van der Waals surface area (Å²) in [5.74, 6) is -0.351. The minimum Gasteiger partial charge on any atom is -0.459 e. The highest BCUT2D eigenvalue weighted by molar-refractivity contribution is 5.92. The van der Waals surface area contributed by atoms with Gasteiger partial charge in [0.05, 0.1) is 6.26 Å². The highest BCUT2D eigenvalue weighted by Gasteiger charge is 2.27. The maximum absolute atomic E-state index is 14.0. The molecule has 0 radical (unpaired) electrons. The van der Waals surface area contributed by atoms with Crippen molar-refractivity contribution >= 4 is 17.6 Å². The number of halogens is 2. The Balaban J connectivity index is 1.46. The molecule has 31 heavy (non-hydrogen) atoms. The van der Waals surface area contributed by atoms with Crippen LogP contribution in [0.4, 0.5) is 14.5 Å². The number of carbonyl (C=O) groups is 1. The van der Waals surface area contributed by atoms with E-state index in [1.807, 2.05) is 13.8 Å². The van der Waals surface area contributed by atoms with Crippen molar-refractivity contribution in [2.75, 3.05) is 37.6 Å². The number of aliphatic imine (C=N–C) groups is 1. The summed E-state index contributed by atoms with van der Waals surface area (Å²) in [7, 11) is 0. The highest BCUT2D eigenvalue weighted by atomic mass is 19.1. The first-order valence-electron chi connectivity index (χ1n) is 10.6. The van der Waals surface area contributed by atoms with Crippen LogP contribution in [0.5, 0.6) is 0 Å². The van der Waals surface area contributed by atoms with Crippen LogP contribution in [-0.2, 0) is 0 Å². The van der Waals surface area contributed by atoms with Crippen LogP contribution in [0, 0.1) is 18.6 Å². The molecule has 0 bridgehead atoms. The van der Waals surface area contributed by atoms with Gasteiger partial charge in [-0.05, 0) is 44.9 Å². The van der Waals surface area contributed by atoms with Gasteiger partial charge in [0.25, 0.3) is 5.91 Å². The lowest BCUT2D eigenvalue weighted by atomic mass is 10.2. The molecule has 0 spiro atoms. The summed E-state index contributed by atoms with van der Waals surface area (Å²) in [6, 6.07) is 5.69. The Bertz CT molecular complexity index is 895. The van der Waals surface area contributed by atoms with Crippen molar-refractivity contribution < 1.29 is 18.0 Å². The fourth-order valence-corrected chi connectivity index (χ4v) is 3.54. The van der Waals surface area contributed by atoms with Crippen LogP contribution in [-0.4, -0.2) is 50.6 Å². The van der Waals surface area contributed by atoms with Crippen LogP contribution in [0.15, 0.2) is 39.9 Å². The number of rotatable bonds is 8. The fraction of sp³-hybridized carbons (Fsp3) is 0.455. The Labute approximate surface area is 180 Å². The first-order valence-corrected chi connectivity index (χ1v) is 10.6. The number of anilines is 1. The number of carbonyl (C=O) groups excluding carboxylic acids is 1. The van der Waals surface area contributed by atoms with E-state index in [2.05, 4.69) is 20.9 Å². The minimum atomic E-state index is -0.548. The van der Waals surface area contributed by atoms with E-state index in [9.17, 15) is 13.6 Å². The van der Waals surface area contributed by atoms with Crippen molar-refractivity contribution in [1.29, 1.82) is 0 Å². The Kier molecular flexibility index (Phi) is 7.86. The van der Waals surface area contributed by atoms with Gasteiger partial charge in [-0.25, -0.2) is 8.78 Å². The standard InChI is InChI=1S/C22H29F2N5O2/c1-3-25-22(27-11-5-10-26-21(30)20-15(2)9-13-31-20)28-16-8-12-29(14-16)19-17(23)6-4-7-18(19)24/h4,6-7,9,13,16H,3,5,8,10-12,14H2,1-2H3,(H,26,30)(H2,25,27,28). The molecule has 1 aromatic heterocycles. The Hall–Kier alpha value is -3.10. The SMILES string of the molecule is CCNC(=NCCCNC(=O)c1occc1C)NC1CCN(c2c(F)cccc2F)C1. The van der Waals surface area contributed by atoms with Crippen molar-refractivity contribution in [3.8, 4) is 0 Å². The molecule has 2 heterocycles. The van der Waals surface area contributed by atoms with Gasteiger partial charge in [-0.1, -0.05) is 6.07 Å². The topological polar surface area (TPSA) is 81.9 Å². The maximum atomic E-state index is 14.0. The molecule has 1 saturated heterocycles. The maximum Gasteiger partial charge on any atom is 0.287 e. The number of para-hydroxylation sites is 1. The van der Waals surface area contributed by atoms with E-state index in [1.54, 1.807) is 11.0 Å². The molecule has 3 rings (SSSR count). The van der Waals surface area contributed by atoms with E-state index in [-0.39, 0.29) is 17.6 Å². The Morgan fingerprint density at radius 1 is 1.26 bits per heavy atom. The summed E-state index contributed by atoms with van der Waals surface area (Å²) in [6.45, 7) is 6.53. The number of guanidine groups is 1. The fourth-order valence-electron chi connectivity index (χ4n) is 3.54. The van der Waals surface area contributed by atoms with Gasteiger partial charge < -0.3 is 25.3 Å². The summed E-state index contributed by atoms with van der Waals surface area (Å²) in [5, 5.41) is 9.34. The first-order chi connectivity index (χ1) is 15.0. The second-order valence-corrected chi connectivity index (χ2v) is 7.45. The van der Waals surface area contributed by atoms with Crippen molar-refractivity contribution in [2.45, 2.75) is 32.7 Å². The Morgan fingerprint density at radius 2 is 2.03 bits per heavy atom. The smallest absolute Gasteiger partial charge is 0.287 e. The van der Waals surface area contributed by atoms with Crippen molar-refractivity contribution in [1.82, 2.24) is 16.0 Å². The molecule has 168 valence electrons. The molecular formula is C22H29F2N5O2. The van der Waals surface area contributed by atoms with E-state index in [0.717, 1.165) is 12.0 Å². The summed E-state index contributed by atoms with van der Waals surface area (Å²) in [5.41, 5.74) is 0.825. The lowest BCUT2D eigenvalue weighted by molar-refractivity contribution is 0.0925. The van der Waals surface area contributed by atoms with Gasteiger partial charge in [-0.15, -0.1) is 0 Å². The van der Waals surface area contributed by atoms with Gasteiger partial charge in [0.1, 0.15) is 17.3 Å². The van der Waals surface area contributed by atoms with Crippen LogP contribution in [0.1, 0.15) is 35.9 Å². The average molecular weight is 434 g/mol. The molecule has 0 saturated carbocycles. The van der Waals surface area contributed by atoms with Gasteiger partial charge in [0.2, 0.25) is 0 Å². The zero-order valence-corrected chi connectivity index (χ0v) is 17.9. The lowest BCUT2D eigenvalue weighted by Crippen LogP contribution is -2.44. The molecular weight excluding hydrogens is 404 g/mol. The monoisotopic (exact) mass is 433 g/mol. The molecule has 1 fully saturated rings. The molecule has 2 aromatic rings. The zero-order valence-electron chi connectivity index (χ0n) is 17.9. The largest absolute Gasteiger partial charge is 0.459 e. The van der Waals surface area contributed by atoms with Crippen LogP contribution in [0.3, 0.4) is 0 Å². The van der Waals surface area contributed by atoms with Crippen molar-refractivity contribution in [3.05, 3.63) is 53.5 Å². The van der Waals surface area contributed by atoms with E-state index in [1.165, 1.54) is 24.5 Å². The molecule has 1 aromatic carbocycles.